The molecule has 0 aromatic heterocycles. The molecule has 2 rings (SSSR count). The van der Waals surface area contributed by atoms with E-state index in [1.807, 2.05) is 48.5 Å². The third kappa shape index (κ3) is 9.56. The number of unbranched alkanes of at least 4 members (excludes halogenated alkanes) is 4. The molecule has 8 heteroatoms. The number of hydrogen-bond acceptors (Lipinski definition) is 6. The molecule has 0 fully saturated rings. The fourth-order valence-corrected chi connectivity index (χ4v) is 6.61. The highest BCUT2D eigenvalue weighted by Crippen LogP contribution is 2.48. The van der Waals surface area contributed by atoms with Gasteiger partial charge in [0, 0.05) is 0 Å². The van der Waals surface area contributed by atoms with Gasteiger partial charge in [-0.15, -0.1) is 0 Å². The van der Waals surface area contributed by atoms with Crippen molar-refractivity contribution in [3.63, 3.8) is 0 Å². The Bertz CT molecular complexity index is 852. The maximum atomic E-state index is 13.5. The van der Waals surface area contributed by atoms with Gasteiger partial charge in [0.25, 0.3) is 0 Å². The lowest BCUT2D eigenvalue weighted by molar-refractivity contribution is 0.208. The summed E-state index contributed by atoms with van der Waals surface area (Å²) in [6.07, 6.45) is 7.18. The van der Waals surface area contributed by atoms with Crippen molar-refractivity contribution in [3.8, 4) is 11.1 Å². The molecule has 0 unspecified atom stereocenters. The number of rotatable bonds is 19. The van der Waals surface area contributed by atoms with Crippen molar-refractivity contribution < 1.29 is 27.2 Å². The monoisotopic (exact) mass is 538 g/mol. The van der Waals surface area contributed by atoms with Crippen LogP contribution in [0.1, 0.15) is 79.1 Å². The van der Waals surface area contributed by atoms with Gasteiger partial charge in [-0.2, -0.15) is 0 Å². The van der Waals surface area contributed by atoms with Crippen molar-refractivity contribution in [1.29, 1.82) is 0 Å². The van der Waals surface area contributed by atoms with E-state index in [0.717, 1.165) is 62.5 Å². The van der Waals surface area contributed by atoms with Gasteiger partial charge in [0.1, 0.15) is 0 Å². The fourth-order valence-electron chi connectivity index (χ4n) is 3.36. The van der Waals surface area contributed by atoms with Crippen LogP contribution in [-0.2, 0) is 27.2 Å². The highest BCUT2D eigenvalue weighted by molar-refractivity contribution is 7.62. The maximum absolute atomic E-state index is 13.5. The third-order valence-electron chi connectivity index (χ3n) is 5.74. The van der Waals surface area contributed by atoms with Crippen LogP contribution in [0, 0.1) is 0 Å². The van der Waals surface area contributed by atoms with Crippen LogP contribution >= 0.6 is 15.2 Å². The Morgan fingerprint density at radius 1 is 0.472 bits per heavy atom. The summed E-state index contributed by atoms with van der Waals surface area (Å²) in [6, 6.07) is 14.9. The van der Waals surface area contributed by atoms with Gasteiger partial charge < -0.3 is 18.1 Å². The zero-order valence-corrected chi connectivity index (χ0v) is 24.2. The first-order valence-electron chi connectivity index (χ1n) is 13.4. The standard InChI is InChI=1S/C28H44O6P2/c1-5-9-21-31-35(29,32-22-10-6-2)27-17-13-25(14-18-27)26-15-19-28(20-16-26)36(30,33-23-11-7-3)34-24-12-8-4/h13-20H,5-12,21-24H2,1-4H3. The Labute approximate surface area is 218 Å². The Hall–Kier alpha value is -1.26. The molecule has 2 aromatic rings. The summed E-state index contributed by atoms with van der Waals surface area (Å²) in [5.74, 6) is 0. The van der Waals surface area contributed by atoms with Crippen LogP contribution < -0.4 is 10.6 Å². The van der Waals surface area contributed by atoms with Crippen molar-refractivity contribution in [2.24, 2.45) is 0 Å². The van der Waals surface area contributed by atoms with Gasteiger partial charge in [-0.1, -0.05) is 77.6 Å². The zero-order valence-electron chi connectivity index (χ0n) is 22.4. The van der Waals surface area contributed by atoms with Crippen LogP contribution in [0.4, 0.5) is 0 Å². The predicted molar refractivity (Wildman–Crippen MR) is 150 cm³/mol. The number of benzene rings is 2. The molecular weight excluding hydrogens is 494 g/mol. The second-order valence-electron chi connectivity index (χ2n) is 8.84. The zero-order chi connectivity index (χ0) is 26.3. The van der Waals surface area contributed by atoms with Crippen LogP contribution in [-0.4, -0.2) is 26.4 Å². The minimum atomic E-state index is -3.37. The maximum Gasteiger partial charge on any atom is 0.361 e. The Morgan fingerprint density at radius 3 is 0.944 bits per heavy atom. The van der Waals surface area contributed by atoms with Crippen molar-refractivity contribution in [1.82, 2.24) is 0 Å². The van der Waals surface area contributed by atoms with Crippen molar-refractivity contribution >= 4 is 25.8 Å². The SMILES string of the molecule is CCCCOP(=O)(OCCCC)c1ccc(-c2ccc(P(=O)(OCCCC)OCCCC)cc2)cc1. The summed E-state index contributed by atoms with van der Waals surface area (Å²) in [4.78, 5) is 0. The normalized spacial score (nSPS) is 12.2. The summed E-state index contributed by atoms with van der Waals surface area (Å²) in [6.45, 7) is 9.90. The van der Waals surface area contributed by atoms with E-state index in [9.17, 15) is 9.13 Å². The van der Waals surface area contributed by atoms with E-state index in [2.05, 4.69) is 27.7 Å². The second-order valence-corrected chi connectivity index (χ2v) is 12.9. The van der Waals surface area contributed by atoms with E-state index >= 15 is 0 Å². The van der Waals surface area contributed by atoms with E-state index in [1.54, 1.807) is 0 Å². The molecule has 0 radical (unpaired) electrons. The molecule has 202 valence electrons. The van der Waals surface area contributed by atoms with Crippen molar-refractivity contribution in [2.75, 3.05) is 26.4 Å². The van der Waals surface area contributed by atoms with Gasteiger partial charge >= 0.3 is 15.2 Å². The lowest BCUT2D eigenvalue weighted by Crippen LogP contribution is -2.12. The Morgan fingerprint density at radius 2 is 0.722 bits per heavy atom. The van der Waals surface area contributed by atoms with E-state index in [4.69, 9.17) is 18.1 Å². The van der Waals surface area contributed by atoms with E-state index in [1.165, 1.54) is 0 Å². The average molecular weight is 539 g/mol. The van der Waals surface area contributed by atoms with Gasteiger partial charge in [0.05, 0.1) is 37.0 Å². The minimum absolute atomic E-state index is 0.407. The van der Waals surface area contributed by atoms with Gasteiger partial charge in [0.2, 0.25) is 0 Å². The molecule has 0 atom stereocenters. The molecule has 0 spiro atoms. The third-order valence-corrected chi connectivity index (χ3v) is 9.69. The molecule has 2 aromatic carbocycles. The predicted octanol–water partition coefficient (Wildman–Crippen LogP) is 8.26. The molecule has 0 N–H and O–H groups in total. The van der Waals surface area contributed by atoms with Crippen molar-refractivity contribution in [3.05, 3.63) is 48.5 Å². The summed E-state index contributed by atoms with van der Waals surface area (Å²) in [7, 11) is -6.74. The average Bonchev–Trinajstić information content (AvgIpc) is 2.89. The fraction of sp³-hybridized carbons (Fsp3) is 0.571. The lowest BCUT2D eigenvalue weighted by atomic mass is 10.1. The molecule has 0 saturated heterocycles. The molecule has 0 amide bonds. The van der Waals surface area contributed by atoms with Gasteiger partial charge in [-0.25, -0.2) is 0 Å². The molecule has 0 aliphatic rings. The van der Waals surface area contributed by atoms with Crippen LogP contribution in [0.25, 0.3) is 11.1 Å². The highest BCUT2D eigenvalue weighted by atomic mass is 31.2. The van der Waals surface area contributed by atoms with E-state index < -0.39 is 15.2 Å². The minimum Gasteiger partial charge on any atom is -0.305 e. The quantitative estimate of drug-likeness (QED) is 0.132. The Balaban J connectivity index is 2.20. The summed E-state index contributed by atoms with van der Waals surface area (Å²) in [5, 5.41) is 1.13. The van der Waals surface area contributed by atoms with Crippen molar-refractivity contribution in [2.45, 2.75) is 79.1 Å². The van der Waals surface area contributed by atoms with Gasteiger partial charge in [0.15, 0.2) is 0 Å². The molecule has 0 heterocycles. The van der Waals surface area contributed by atoms with Crippen LogP contribution in [0.15, 0.2) is 48.5 Å². The molecule has 0 saturated carbocycles. The molecule has 6 nitrogen and oxygen atoms in total. The Kier molecular flexibility index (Phi) is 14.2. The van der Waals surface area contributed by atoms with E-state index in [-0.39, 0.29) is 0 Å². The second kappa shape index (κ2) is 16.6. The largest absolute Gasteiger partial charge is 0.361 e. The van der Waals surface area contributed by atoms with E-state index in [0.29, 0.717) is 37.0 Å². The summed E-state index contributed by atoms with van der Waals surface area (Å²) in [5.41, 5.74) is 1.90. The molecule has 36 heavy (non-hydrogen) atoms. The summed E-state index contributed by atoms with van der Waals surface area (Å²) >= 11 is 0. The van der Waals surface area contributed by atoms with Gasteiger partial charge in [-0.3, -0.25) is 9.13 Å². The van der Waals surface area contributed by atoms with Crippen LogP contribution in [0.3, 0.4) is 0 Å². The number of hydrogen-bond donors (Lipinski definition) is 0. The van der Waals surface area contributed by atoms with Crippen LogP contribution in [0.5, 0.6) is 0 Å². The molecular formula is C28H44O6P2. The smallest absolute Gasteiger partial charge is 0.305 e. The topological polar surface area (TPSA) is 71.1 Å². The first kappa shape index (κ1) is 31.0. The summed E-state index contributed by atoms with van der Waals surface area (Å²) < 4.78 is 50.0. The molecule has 0 bridgehead atoms. The van der Waals surface area contributed by atoms with Gasteiger partial charge in [-0.05, 0) is 61.1 Å². The first-order valence-corrected chi connectivity index (χ1v) is 16.5. The first-order chi connectivity index (χ1) is 17.4. The lowest BCUT2D eigenvalue weighted by Gasteiger charge is -2.20. The van der Waals surface area contributed by atoms with Crippen LogP contribution in [0.2, 0.25) is 0 Å². The molecule has 0 aliphatic heterocycles. The highest BCUT2D eigenvalue weighted by Gasteiger charge is 2.28. The molecule has 0 aliphatic carbocycles.